The summed E-state index contributed by atoms with van der Waals surface area (Å²) in [6.07, 6.45) is 6.11. The summed E-state index contributed by atoms with van der Waals surface area (Å²) in [6.45, 7) is 2.80. The van der Waals surface area contributed by atoms with Gasteiger partial charge < -0.3 is 4.90 Å². The molecule has 1 fully saturated rings. The van der Waals surface area contributed by atoms with Crippen LogP contribution < -0.4 is 0 Å². The number of nitrogens with zero attached hydrogens (tertiary/aromatic N) is 6. The zero-order valence-electron chi connectivity index (χ0n) is 13.6. The second-order valence-electron chi connectivity index (χ2n) is 6.08. The normalized spacial score (nSPS) is 18.4. The maximum Gasteiger partial charge on any atom is 0.228 e. The Morgan fingerprint density at radius 1 is 1.48 bits per heavy atom. The van der Waals surface area contributed by atoms with Crippen molar-refractivity contribution in [2.75, 3.05) is 20.6 Å². The summed E-state index contributed by atoms with van der Waals surface area (Å²) < 4.78 is 1.89. The summed E-state index contributed by atoms with van der Waals surface area (Å²) in [4.78, 5) is 24.4. The van der Waals surface area contributed by atoms with Gasteiger partial charge in [0.25, 0.3) is 0 Å². The van der Waals surface area contributed by atoms with Gasteiger partial charge in [-0.2, -0.15) is 5.10 Å². The SMILES string of the molecule is CN(C)C(=O)Cc1nc(CN2CCC[C@H]2Cn2cncn2)cs1. The molecule has 0 N–H and O–H groups in total. The van der Waals surface area contributed by atoms with Gasteiger partial charge in [-0.05, 0) is 19.4 Å². The van der Waals surface area contributed by atoms with Crippen LogP contribution >= 0.6 is 11.3 Å². The second kappa shape index (κ2) is 7.18. The fourth-order valence-electron chi connectivity index (χ4n) is 2.85. The first-order chi connectivity index (χ1) is 11.1. The van der Waals surface area contributed by atoms with Gasteiger partial charge in [-0.1, -0.05) is 0 Å². The van der Waals surface area contributed by atoms with Gasteiger partial charge in [0.05, 0.1) is 18.7 Å². The Morgan fingerprint density at radius 3 is 3.09 bits per heavy atom. The maximum absolute atomic E-state index is 11.8. The number of hydrogen-bond donors (Lipinski definition) is 0. The number of rotatable bonds is 6. The van der Waals surface area contributed by atoms with Gasteiger partial charge >= 0.3 is 0 Å². The van der Waals surface area contributed by atoms with E-state index in [0.29, 0.717) is 12.5 Å². The lowest BCUT2D eigenvalue weighted by Gasteiger charge is -2.23. The lowest BCUT2D eigenvalue weighted by atomic mass is 10.2. The van der Waals surface area contributed by atoms with Crippen molar-refractivity contribution in [3.05, 3.63) is 28.7 Å². The van der Waals surface area contributed by atoms with Gasteiger partial charge in [0.15, 0.2) is 0 Å². The Morgan fingerprint density at radius 2 is 2.35 bits per heavy atom. The lowest BCUT2D eigenvalue weighted by Crippen LogP contribution is -2.32. The van der Waals surface area contributed by atoms with Crippen LogP contribution in [0, 0.1) is 0 Å². The van der Waals surface area contributed by atoms with Crippen LogP contribution in [0.25, 0.3) is 0 Å². The number of carbonyl (C=O) groups is 1. The molecule has 1 aliphatic heterocycles. The van der Waals surface area contributed by atoms with E-state index in [2.05, 4.69) is 25.3 Å². The number of thiazole rings is 1. The first-order valence-corrected chi connectivity index (χ1v) is 8.69. The number of aromatic nitrogens is 4. The van der Waals surface area contributed by atoms with Gasteiger partial charge in [-0.25, -0.2) is 9.97 Å². The summed E-state index contributed by atoms with van der Waals surface area (Å²) in [5.41, 5.74) is 1.06. The van der Waals surface area contributed by atoms with Gasteiger partial charge in [0.1, 0.15) is 17.7 Å². The smallest absolute Gasteiger partial charge is 0.228 e. The van der Waals surface area contributed by atoms with Gasteiger partial charge in [0.2, 0.25) is 5.91 Å². The van der Waals surface area contributed by atoms with Gasteiger partial charge in [-0.3, -0.25) is 14.4 Å². The first kappa shape index (κ1) is 16.1. The molecule has 0 aromatic carbocycles. The average Bonchev–Trinajstić information content (AvgIpc) is 3.24. The van der Waals surface area contributed by atoms with Crippen molar-refractivity contribution in [3.8, 4) is 0 Å². The summed E-state index contributed by atoms with van der Waals surface area (Å²) in [5.74, 6) is 0.0936. The predicted octanol–water partition coefficient (Wildman–Crippen LogP) is 1.03. The number of carbonyl (C=O) groups excluding carboxylic acids is 1. The van der Waals surface area contributed by atoms with Crippen molar-refractivity contribution in [2.24, 2.45) is 0 Å². The largest absolute Gasteiger partial charge is 0.348 e. The fourth-order valence-corrected chi connectivity index (χ4v) is 3.63. The van der Waals surface area contributed by atoms with Gasteiger partial charge in [-0.15, -0.1) is 11.3 Å². The molecule has 0 spiro atoms. The third-order valence-corrected chi connectivity index (χ3v) is 5.03. The second-order valence-corrected chi connectivity index (χ2v) is 7.02. The lowest BCUT2D eigenvalue weighted by molar-refractivity contribution is -0.127. The molecule has 7 nitrogen and oxygen atoms in total. The average molecular weight is 334 g/mol. The standard InChI is InChI=1S/C15H22N6OS/c1-19(2)15(22)6-14-18-12(9-23-14)7-20-5-3-4-13(20)8-21-11-16-10-17-21/h9-11,13H,3-8H2,1-2H3/t13-/m0/s1. The Balaban J connectivity index is 1.58. The van der Waals surface area contributed by atoms with E-state index in [-0.39, 0.29) is 5.91 Å². The van der Waals surface area contributed by atoms with E-state index in [0.717, 1.165) is 30.3 Å². The van der Waals surface area contributed by atoms with Crippen molar-refractivity contribution in [2.45, 2.75) is 38.4 Å². The number of hydrogen-bond acceptors (Lipinski definition) is 6. The zero-order chi connectivity index (χ0) is 16.2. The Kier molecular flexibility index (Phi) is 5.02. The van der Waals surface area contributed by atoms with E-state index < -0.39 is 0 Å². The monoisotopic (exact) mass is 334 g/mol. The van der Waals surface area contributed by atoms with Crippen molar-refractivity contribution >= 4 is 17.2 Å². The van der Waals surface area contributed by atoms with Crippen LogP contribution in [0.5, 0.6) is 0 Å². The molecule has 0 aliphatic carbocycles. The van der Waals surface area contributed by atoms with Crippen LogP contribution in [0.2, 0.25) is 0 Å². The van der Waals surface area contributed by atoms with Crippen molar-refractivity contribution in [1.29, 1.82) is 0 Å². The van der Waals surface area contributed by atoms with Crippen LogP contribution in [-0.2, 0) is 24.3 Å². The Bertz CT molecular complexity index is 638. The third kappa shape index (κ3) is 4.14. The van der Waals surface area contributed by atoms with E-state index in [4.69, 9.17) is 0 Å². The first-order valence-electron chi connectivity index (χ1n) is 7.81. The molecule has 1 atom stereocenters. The van der Waals surface area contributed by atoms with Crippen molar-refractivity contribution < 1.29 is 4.79 Å². The van der Waals surface area contributed by atoms with Gasteiger partial charge in [0, 0.05) is 32.1 Å². The molecule has 124 valence electrons. The quantitative estimate of drug-likeness (QED) is 0.789. The van der Waals surface area contributed by atoms with Crippen LogP contribution in [0.15, 0.2) is 18.0 Å². The molecular formula is C15H22N6OS. The summed E-state index contributed by atoms with van der Waals surface area (Å²) in [5, 5.41) is 7.16. The van der Waals surface area contributed by atoms with E-state index in [1.165, 1.54) is 12.8 Å². The highest BCUT2D eigenvalue weighted by Gasteiger charge is 2.25. The highest BCUT2D eigenvalue weighted by atomic mass is 32.1. The third-order valence-electron chi connectivity index (χ3n) is 4.13. The van der Waals surface area contributed by atoms with E-state index in [1.807, 2.05) is 4.68 Å². The maximum atomic E-state index is 11.8. The van der Waals surface area contributed by atoms with Crippen molar-refractivity contribution in [1.82, 2.24) is 29.5 Å². The van der Waals surface area contributed by atoms with Crippen LogP contribution in [-0.4, -0.2) is 62.1 Å². The molecule has 0 unspecified atom stereocenters. The molecule has 0 bridgehead atoms. The molecule has 23 heavy (non-hydrogen) atoms. The Labute approximate surface area is 140 Å². The molecule has 2 aromatic rings. The van der Waals surface area contributed by atoms with E-state index in [1.54, 1.807) is 43.0 Å². The molecule has 8 heteroatoms. The van der Waals surface area contributed by atoms with E-state index >= 15 is 0 Å². The molecule has 2 aromatic heterocycles. The minimum atomic E-state index is 0.0936. The minimum absolute atomic E-state index is 0.0936. The topological polar surface area (TPSA) is 67.2 Å². The van der Waals surface area contributed by atoms with Crippen molar-refractivity contribution in [3.63, 3.8) is 0 Å². The van der Waals surface area contributed by atoms with Crippen LogP contribution in [0.1, 0.15) is 23.5 Å². The molecule has 1 amide bonds. The highest BCUT2D eigenvalue weighted by molar-refractivity contribution is 7.09. The molecular weight excluding hydrogens is 312 g/mol. The molecule has 1 saturated heterocycles. The molecule has 0 saturated carbocycles. The predicted molar refractivity (Wildman–Crippen MR) is 88.0 cm³/mol. The number of amides is 1. The zero-order valence-corrected chi connectivity index (χ0v) is 14.4. The number of likely N-dealkylation sites (N-methyl/N-ethyl adjacent to an activating group) is 1. The molecule has 3 rings (SSSR count). The fraction of sp³-hybridized carbons (Fsp3) is 0.600. The van der Waals surface area contributed by atoms with Crippen LogP contribution in [0.3, 0.4) is 0 Å². The molecule has 0 radical (unpaired) electrons. The molecule has 1 aliphatic rings. The summed E-state index contributed by atoms with van der Waals surface area (Å²) in [6, 6.07) is 0.477. The number of likely N-dealkylation sites (tertiary alicyclic amines) is 1. The summed E-state index contributed by atoms with van der Waals surface area (Å²) >= 11 is 1.57. The molecule has 3 heterocycles. The Hall–Kier alpha value is -1.80. The van der Waals surface area contributed by atoms with Crippen LogP contribution in [0.4, 0.5) is 0 Å². The van der Waals surface area contributed by atoms with E-state index in [9.17, 15) is 4.79 Å². The minimum Gasteiger partial charge on any atom is -0.348 e. The summed E-state index contributed by atoms with van der Waals surface area (Å²) in [7, 11) is 3.55. The highest BCUT2D eigenvalue weighted by Crippen LogP contribution is 2.22.